The van der Waals surface area contributed by atoms with Gasteiger partial charge in [-0.2, -0.15) is 4.48 Å². The third-order valence-electron chi connectivity index (χ3n) is 6.77. The standard InChI is InChI=1S/C26H35N3O4/c1-18-6-5-13-29(18,25(27)33)24(32)15-19-7-4-8-20(14-19)16-26(2,3)28-17-23(31)21-9-11-22(30)12-10-21/h4,7-12,14,18,23,28,31H,5-6,13,15-17H2,1-3H3,(H2-,27,30,33)/p+1/t18-,23?,29?/m1/s1. The van der Waals surface area contributed by atoms with Gasteiger partial charge < -0.3 is 21.3 Å². The van der Waals surface area contributed by atoms with Crippen LogP contribution in [0.15, 0.2) is 48.5 Å². The van der Waals surface area contributed by atoms with E-state index < -0.39 is 12.1 Å². The van der Waals surface area contributed by atoms with E-state index in [9.17, 15) is 19.8 Å². The van der Waals surface area contributed by atoms with E-state index >= 15 is 0 Å². The van der Waals surface area contributed by atoms with E-state index in [-0.39, 0.29) is 34.1 Å². The van der Waals surface area contributed by atoms with Crippen molar-refractivity contribution in [3.05, 3.63) is 65.2 Å². The number of phenolic OH excluding ortho intramolecular Hbond substituents is 1. The number of phenols is 1. The van der Waals surface area contributed by atoms with Crippen LogP contribution in [0, 0.1) is 0 Å². The molecule has 2 aromatic carbocycles. The predicted molar refractivity (Wildman–Crippen MR) is 127 cm³/mol. The number of likely N-dealkylation sites (tertiary alicyclic amines) is 1. The fourth-order valence-corrected chi connectivity index (χ4v) is 4.82. The number of quaternary nitrogens is 1. The Morgan fingerprint density at radius 1 is 1.18 bits per heavy atom. The summed E-state index contributed by atoms with van der Waals surface area (Å²) in [4.78, 5) is 25.3. The van der Waals surface area contributed by atoms with Gasteiger partial charge in [0.25, 0.3) is 0 Å². The van der Waals surface area contributed by atoms with Crippen molar-refractivity contribution in [3.8, 4) is 5.75 Å². The first kappa shape index (κ1) is 24.9. The van der Waals surface area contributed by atoms with Gasteiger partial charge in [0.05, 0.1) is 19.1 Å². The Hall–Kier alpha value is -2.74. The summed E-state index contributed by atoms with van der Waals surface area (Å²) in [6, 6.07) is 13.8. The number of amides is 3. The fraction of sp³-hybridized carbons (Fsp3) is 0.462. The van der Waals surface area contributed by atoms with Crippen LogP contribution in [0.2, 0.25) is 0 Å². The highest BCUT2D eigenvalue weighted by Crippen LogP contribution is 2.28. The molecule has 0 spiro atoms. The van der Waals surface area contributed by atoms with E-state index in [0.717, 1.165) is 29.5 Å². The Morgan fingerprint density at radius 3 is 2.45 bits per heavy atom. The summed E-state index contributed by atoms with van der Waals surface area (Å²) >= 11 is 0. The second kappa shape index (κ2) is 10.0. The van der Waals surface area contributed by atoms with Crippen LogP contribution < -0.4 is 11.1 Å². The van der Waals surface area contributed by atoms with Crippen molar-refractivity contribution in [3.63, 3.8) is 0 Å². The normalized spacial score (nSPS) is 21.6. The zero-order valence-corrected chi connectivity index (χ0v) is 19.8. The maximum Gasteiger partial charge on any atom is 0.421 e. The molecule has 1 heterocycles. The number of aliphatic hydroxyl groups is 1. The molecule has 0 aromatic heterocycles. The van der Waals surface area contributed by atoms with Crippen molar-refractivity contribution in [1.29, 1.82) is 0 Å². The van der Waals surface area contributed by atoms with Gasteiger partial charge in [-0.05, 0) is 56.0 Å². The number of urea groups is 1. The van der Waals surface area contributed by atoms with Gasteiger partial charge in [-0.1, -0.05) is 36.4 Å². The van der Waals surface area contributed by atoms with Gasteiger partial charge in [0.1, 0.15) is 11.8 Å². The molecular formula is C26H36N3O4+. The van der Waals surface area contributed by atoms with E-state index in [4.69, 9.17) is 5.73 Å². The first-order chi connectivity index (χ1) is 15.5. The molecule has 0 bridgehead atoms. The lowest BCUT2D eigenvalue weighted by atomic mass is 9.93. The minimum absolute atomic E-state index is 0.0821. The summed E-state index contributed by atoms with van der Waals surface area (Å²) in [5.41, 5.74) is 8.04. The van der Waals surface area contributed by atoms with Gasteiger partial charge in [-0.15, -0.1) is 0 Å². The maximum absolute atomic E-state index is 13.1. The van der Waals surface area contributed by atoms with E-state index in [1.54, 1.807) is 24.3 Å². The van der Waals surface area contributed by atoms with Gasteiger partial charge in [-0.3, -0.25) is 0 Å². The van der Waals surface area contributed by atoms with E-state index in [1.165, 1.54) is 0 Å². The molecular weight excluding hydrogens is 418 g/mol. The largest absolute Gasteiger partial charge is 0.508 e. The van der Waals surface area contributed by atoms with Crippen LogP contribution in [-0.4, -0.2) is 51.3 Å². The first-order valence-electron chi connectivity index (χ1n) is 11.5. The van der Waals surface area contributed by atoms with Gasteiger partial charge >= 0.3 is 11.9 Å². The van der Waals surface area contributed by atoms with Crippen LogP contribution in [-0.2, 0) is 17.6 Å². The highest BCUT2D eigenvalue weighted by Gasteiger charge is 2.50. The number of benzene rings is 2. The number of carbonyl (C=O) groups is 2. The molecule has 0 saturated carbocycles. The molecule has 0 aliphatic carbocycles. The molecule has 7 heteroatoms. The molecule has 1 saturated heterocycles. The van der Waals surface area contributed by atoms with Crippen molar-refractivity contribution in [2.24, 2.45) is 5.73 Å². The van der Waals surface area contributed by atoms with E-state index in [2.05, 4.69) is 19.2 Å². The van der Waals surface area contributed by atoms with E-state index in [1.807, 2.05) is 31.2 Å². The summed E-state index contributed by atoms with van der Waals surface area (Å²) in [6.45, 7) is 6.90. The summed E-state index contributed by atoms with van der Waals surface area (Å²) in [7, 11) is 0. The van der Waals surface area contributed by atoms with Gasteiger partial charge in [0, 0.05) is 24.9 Å². The highest BCUT2D eigenvalue weighted by atomic mass is 16.3. The summed E-state index contributed by atoms with van der Waals surface area (Å²) in [5, 5.41) is 23.3. The Morgan fingerprint density at radius 2 is 1.85 bits per heavy atom. The van der Waals surface area contributed by atoms with Crippen molar-refractivity contribution >= 4 is 11.9 Å². The summed E-state index contributed by atoms with van der Waals surface area (Å²) < 4.78 is -0.258. The Kier molecular flexibility index (Phi) is 7.57. The number of nitrogens with two attached hydrogens (primary N) is 1. The molecule has 0 radical (unpaired) electrons. The van der Waals surface area contributed by atoms with Crippen molar-refractivity contribution in [2.45, 2.75) is 64.1 Å². The average Bonchev–Trinajstić information content (AvgIpc) is 3.15. The van der Waals surface area contributed by atoms with Gasteiger partial charge in [-0.25, -0.2) is 9.59 Å². The molecule has 2 aromatic rings. The SMILES string of the molecule is C[C@@H]1CCC[N+]1(C(N)=O)C(=O)Cc1cccc(CC(C)(C)NCC(O)c2ccc(O)cc2)c1. The molecule has 178 valence electrons. The molecule has 3 rings (SSSR count). The number of aromatic hydroxyl groups is 1. The van der Waals surface area contributed by atoms with Crippen LogP contribution in [0.25, 0.3) is 0 Å². The van der Waals surface area contributed by atoms with Gasteiger partial charge in [0.2, 0.25) is 0 Å². The lowest BCUT2D eigenvalue weighted by Crippen LogP contribution is -2.61. The minimum atomic E-state index is -0.690. The number of β-amino-alcohol motifs (C(OH)–C–C–N with tert-alkyl or cyclic N) is 1. The predicted octanol–water partition coefficient (Wildman–Crippen LogP) is 3.18. The Labute approximate surface area is 195 Å². The average molecular weight is 455 g/mol. The molecule has 3 amide bonds. The molecule has 33 heavy (non-hydrogen) atoms. The summed E-state index contributed by atoms with van der Waals surface area (Å²) in [5.74, 6) is 0.0274. The number of carbonyl (C=O) groups excluding carboxylic acids is 2. The molecule has 1 aliphatic heterocycles. The number of imide groups is 1. The smallest absolute Gasteiger partial charge is 0.421 e. The van der Waals surface area contributed by atoms with Crippen LogP contribution in [0.1, 0.15) is 56.4 Å². The topological polar surface area (TPSA) is 113 Å². The lowest BCUT2D eigenvalue weighted by Gasteiger charge is -2.31. The number of hydrogen-bond acceptors (Lipinski definition) is 5. The molecule has 7 nitrogen and oxygen atoms in total. The maximum atomic E-state index is 13.1. The number of aliphatic hydroxyl groups excluding tert-OH is 1. The molecule has 1 fully saturated rings. The Balaban J connectivity index is 1.63. The third-order valence-corrected chi connectivity index (χ3v) is 6.77. The number of nitrogens with zero attached hydrogens (tertiary/aromatic N) is 1. The van der Waals surface area contributed by atoms with Crippen LogP contribution in [0.5, 0.6) is 5.75 Å². The second-order valence-corrected chi connectivity index (χ2v) is 9.86. The van der Waals surface area contributed by atoms with Crippen LogP contribution in [0.4, 0.5) is 4.79 Å². The molecule has 3 atom stereocenters. The zero-order valence-electron chi connectivity index (χ0n) is 19.8. The van der Waals surface area contributed by atoms with Crippen LogP contribution >= 0.6 is 0 Å². The third kappa shape index (κ3) is 5.79. The first-order valence-corrected chi connectivity index (χ1v) is 11.5. The van der Waals surface area contributed by atoms with Gasteiger partial charge in [0.15, 0.2) is 0 Å². The second-order valence-electron chi connectivity index (χ2n) is 9.86. The molecule has 2 unspecified atom stereocenters. The number of hydrogen-bond donors (Lipinski definition) is 4. The monoisotopic (exact) mass is 454 g/mol. The zero-order chi connectivity index (χ0) is 24.2. The fourth-order valence-electron chi connectivity index (χ4n) is 4.82. The number of nitrogens with one attached hydrogen (secondary N) is 1. The number of primary amides is 1. The Bertz CT molecular complexity index is 989. The van der Waals surface area contributed by atoms with Crippen molar-refractivity contribution < 1.29 is 24.3 Å². The lowest BCUT2D eigenvalue weighted by molar-refractivity contribution is -0.783. The highest BCUT2D eigenvalue weighted by molar-refractivity contribution is 5.84. The van der Waals surface area contributed by atoms with Crippen molar-refractivity contribution in [2.75, 3.05) is 13.1 Å². The molecule has 1 aliphatic rings. The molecule has 5 N–H and O–H groups in total. The van der Waals surface area contributed by atoms with Crippen molar-refractivity contribution in [1.82, 2.24) is 5.32 Å². The summed E-state index contributed by atoms with van der Waals surface area (Å²) in [6.07, 6.45) is 1.83. The number of rotatable bonds is 8. The van der Waals surface area contributed by atoms with Crippen LogP contribution in [0.3, 0.4) is 0 Å². The van der Waals surface area contributed by atoms with E-state index in [0.29, 0.717) is 19.5 Å². The minimum Gasteiger partial charge on any atom is -0.508 e. The quantitative estimate of drug-likeness (QED) is 0.458.